The number of hydrogen-bond donors (Lipinski definition) is 2. The van der Waals surface area contributed by atoms with Crippen molar-refractivity contribution >= 4 is 34.9 Å². The summed E-state index contributed by atoms with van der Waals surface area (Å²) in [7, 11) is 0. The lowest BCUT2D eigenvalue weighted by Crippen LogP contribution is -2.42. The minimum Gasteiger partial charge on any atom is -0.379 e. The smallest absolute Gasteiger partial charge is 0.232 e. The van der Waals surface area contributed by atoms with Gasteiger partial charge in [-0.2, -0.15) is 9.97 Å². The van der Waals surface area contributed by atoms with Crippen molar-refractivity contribution in [2.24, 2.45) is 5.92 Å². The molecule has 3 aliphatic heterocycles. The van der Waals surface area contributed by atoms with Crippen LogP contribution in [0.4, 0.5) is 17.6 Å². The monoisotopic (exact) mass is 461 g/mol. The van der Waals surface area contributed by atoms with Crippen molar-refractivity contribution in [1.82, 2.24) is 20.2 Å². The molecule has 0 bridgehead atoms. The summed E-state index contributed by atoms with van der Waals surface area (Å²) in [5.74, 6) is 3.41. The van der Waals surface area contributed by atoms with Crippen LogP contribution < -0.4 is 20.4 Å². The van der Waals surface area contributed by atoms with Crippen LogP contribution >= 0.6 is 12.2 Å². The highest BCUT2D eigenvalue weighted by Crippen LogP contribution is 2.29. The summed E-state index contributed by atoms with van der Waals surface area (Å²) in [6.45, 7) is 13.1. The molecule has 3 saturated heterocycles. The van der Waals surface area contributed by atoms with E-state index in [0.29, 0.717) is 17.1 Å². The van der Waals surface area contributed by atoms with Gasteiger partial charge < -0.3 is 25.2 Å². The van der Waals surface area contributed by atoms with Gasteiger partial charge in [-0.3, -0.25) is 4.90 Å². The molecule has 0 spiro atoms. The van der Waals surface area contributed by atoms with Crippen molar-refractivity contribution in [3.05, 3.63) is 6.07 Å². The average molecular weight is 462 g/mol. The Morgan fingerprint density at radius 2 is 1.78 bits per heavy atom. The lowest BCUT2D eigenvalue weighted by atomic mass is 9.99. The molecule has 0 amide bonds. The molecule has 3 fully saturated rings. The van der Waals surface area contributed by atoms with Gasteiger partial charge in [-0.25, -0.2) is 0 Å². The van der Waals surface area contributed by atoms with Crippen LogP contribution in [-0.2, 0) is 4.74 Å². The molecular weight excluding hydrogens is 422 g/mol. The van der Waals surface area contributed by atoms with Crippen LogP contribution in [0.2, 0.25) is 0 Å². The second kappa shape index (κ2) is 11.4. The normalized spacial score (nSPS) is 23.2. The lowest BCUT2D eigenvalue weighted by Gasteiger charge is -2.36. The highest BCUT2D eigenvalue weighted by atomic mass is 32.1. The molecule has 0 saturated carbocycles. The lowest BCUT2D eigenvalue weighted by molar-refractivity contribution is 0.0389. The number of anilines is 3. The standard InChI is InChI=1S/C23H39N7OS/c1-18-6-10-29(11-7-18)20-17-21(30-9-4-3-5-19(30)2)26-22(25-20)27-23(32)24-8-12-28-13-15-31-16-14-28/h17-19H,3-16H2,1-2H3,(H2,24,25,26,27,32)/t19-/m1/s1. The van der Waals surface area contributed by atoms with Crippen LogP contribution in [0, 0.1) is 5.92 Å². The summed E-state index contributed by atoms with van der Waals surface area (Å²) in [5, 5.41) is 7.17. The number of nitrogens with one attached hydrogen (secondary N) is 2. The number of morpholine rings is 1. The summed E-state index contributed by atoms with van der Waals surface area (Å²) >= 11 is 5.57. The molecule has 0 radical (unpaired) electrons. The average Bonchev–Trinajstić information content (AvgIpc) is 2.80. The van der Waals surface area contributed by atoms with Crippen LogP contribution in [0.5, 0.6) is 0 Å². The predicted octanol–water partition coefficient (Wildman–Crippen LogP) is 2.71. The van der Waals surface area contributed by atoms with Crippen molar-refractivity contribution in [3.63, 3.8) is 0 Å². The Balaban J connectivity index is 1.42. The van der Waals surface area contributed by atoms with Gasteiger partial charge in [-0.15, -0.1) is 0 Å². The minimum atomic E-state index is 0.499. The van der Waals surface area contributed by atoms with E-state index in [2.05, 4.69) is 45.2 Å². The maximum Gasteiger partial charge on any atom is 0.232 e. The van der Waals surface area contributed by atoms with E-state index < -0.39 is 0 Å². The van der Waals surface area contributed by atoms with E-state index in [1.165, 1.54) is 32.1 Å². The molecule has 0 aliphatic carbocycles. The molecule has 1 atom stereocenters. The summed E-state index contributed by atoms with van der Waals surface area (Å²) in [6, 6.07) is 2.68. The van der Waals surface area contributed by atoms with Gasteiger partial charge in [0.1, 0.15) is 11.6 Å². The van der Waals surface area contributed by atoms with Gasteiger partial charge >= 0.3 is 0 Å². The second-order valence-electron chi connectivity index (χ2n) is 9.45. The minimum absolute atomic E-state index is 0.499. The summed E-state index contributed by atoms with van der Waals surface area (Å²) in [5.41, 5.74) is 0. The third-order valence-electron chi connectivity index (χ3n) is 6.95. The zero-order chi connectivity index (χ0) is 22.3. The van der Waals surface area contributed by atoms with Crippen LogP contribution in [0.1, 0.15) is 46.0 Å². The Morgan fingerprint density at radius 3 is 2.53 bits per heavy atom. The molecule has 2 N–H and O–H groups in total. The molecule has 3 aliphatic rings. The summed E-state index contributed by atoms with van der Waals surface area (Å²) in [4.78, 5) is 17.0. The number of piperidine rings is 2. The number of hydrogen-bond acceptors (Lipinski definition) is 7. The summed E-state index contributed by atoms with van der Waals surface area (Å²) in [6.07, 6.45) is 6.15. The first kappa shape index (κ1) is 23.4. The molecule has 0 unspecified atom stereocenters. The van der Waals surface area contributed by atoms with Crippen LogP contribution in [0.3, 0.4) is 0 Å². The highest BCUT2D eigenvalue weighted by molar-refractivity contribution is 7.80. The Hall–Kier alpha value is -1.71. The van der Waals surface area contributed by atoms with E-state index in [4.69, 9.17) is 26.9 Å². The number of aromatic nitrogens is 2. The third kappa shape index (κ3) is 6.42. The van der Waals surface area contributed by atoms with Gasteiger partial charge in [-0.05, 0) is 57.2 Å². The second-order valence-corrected chi connectivity index (χ2v) is 9.86. The first-order valence-electron chi connectivity index (χ1n) is 12.3. The van der Waals surface area contributed by atoms with Gasteiger partial charge in [0.2, 0.25) is 5.95 Å². The van der Waals surface area contributed by atoms with Crippen LogP contribution in [0.25, 0.3) is 0 Å². The van der Waals surface area contributed by atoms with E-state index in [0.717, 1.165) is 76.6 Å². The molecule has 4 heterocycles. The third-order valence-corrected chi connectivity index (χ3v) is 7.19. The van der Waals surface area contributed by atoms with Crippen molar-refractivity contribution in [1.29, 1.82) is 0 Å². The first-order valence-corrected chi connectivity index (χ1v) is 12.7. The first-order chi connectivity index (χ1) is 15.6. The van der Waals surface area contributed by atoms with Gasteiger partial charge in [0, 0.05) is 57.9 Å². The van der Waals surface area contributed by atoms with Crippen molar-refractivity contribution in [2.75, 3.05) is 74.1 Å². The molecule has 32 heavy (non-hydrogen) atoms. The van der Waals surface area contributed by atoms with E-state index in [9.17, 15) is 0 Å². The van der Waals surface area contributed by atoms with Gasteiger partial charge in [0.25, 0.3) is 0 Å². The zero-order valence-corrected chi connectivity index (χ0v) is 20.5. The largest absolute Gasteiger partial charge is 0.379 e. The fraction of sp³-hybridized carbons (Fsp3) is 0.783. The number of rotatable bonds is 6. The molecule has 178 valence electrons. The van der Waals surface area contributed by atoms with Gasteiger partial charge in [0.15, 0.2) is 5.11 Å². The quantitative estimate of drug-likeness (QED) is 0.622. The Morgan fingerprint density at radius 1 is 1.03 bits per heavy atom. The topological polar surface area (TPSA) is 68.8 Å². The van der Waals surface area contributed by atoms with E-state index in [-0.39, 0.29) is 0 Å². The number of ether oxygens (including phenoxy) is 1. The Bertz CT molecular complexity index is 750. The maximum atomic E-state index is 5.57. The Kier molecular flexibility index (Phi) is 8.37. The number of nitrogens with zero attached hydrogens (tertiary/aromatic N) is 5. The summed E-state index contributed by atoms with van der Waals surface area (Å²) < 4.78 is 5.42. The molecule has 4 rings (SSSR count). The van der Waals surface area contributed by atoms with Crippen LogP contribution in [-0.4, -0.2) is 85.0 Å². The molecule has 1 aromatic heterocycles. The van der Waals surface area contributed by atoms with Crippen molar-refractivity contribution < 1.29 is 4.74 Å². The fourth-order valence-electron chi connectivity index (χ4n) is 4.76. The predicted molar refractivity (Wildman–Crippen MR) is 135 cm³/mol. The SMILES string of the molecule is CC1CCN(c2cc(N3CCCC[C@H]3C)nc(NC(=S)NCCN3CCOCC3)n2)CC1. The number of thiocarbonyl (C=S) groups is 1. The van der Waals surface area contributed by atoms with E-state index >= 15 is 0 Å². The Labute approximate surface area is 198 Å². The van der Waals surface area contributed by atoms with Crippen molar-refractivity contribution in [2.45, 2.75) is 52.0 Å². The van der Waals surface area contributed by atoms with Crippen molar-refractivity contribution in [3.8, 4) is 0 Å². The van der Waals surface area contributed by atoms with E-state index in [1.54, 1.807) is 0 Å². The van der Waals surface area contributed by atoms with E-state index in [1.807, 2.05) is 0 Å². The maximum absolute atomic E-state index is 5.57. The fourth-order valence-corrected chi connectivity index (χ4v) is 4.95. The molecular formula is C23H39N7OS. The van der Waals surface area contributed by atoms with Gasteiger partial charge in [0.05, 0.1) is 13.2 Å². The highest BCUT2D eigenvalue weighted by Gasteiger charge is 2.24. The molecule has 9 heteroatoms. The van der Waals surface area contributed by atoms with Crippen LogP contribution in [0.15, 0.2) is 6.07 Å². The molecule has 0 aromatic carbocycles. The zero-order valence-electron chi connectivity index (χ0n) is 19.7. The molecule has 1 aromatic rings. The van der Waals surface area contributed by atoms with Gasteiger partial charge in [-0.1, -0.05) is 6.92 Å². The molecule has 8 nitrogen and oxygen atoms in total.